The minimum Gasteiger partial charge on any atom is -0.497 e. The summed E-state index contributed by atoms with van der Waals surface area (Å²) >= 11 is 0. The summed E-state index contributed by atoms with van der Waals surface area (Å²) in [6.07, 6.45) is -0.962. The van der Waals surface area contributed by atoms with Gasteiger partial charge in [0.05, 0.1) is 13.5 Å². The highest BCUT2D eigenvalue weighted by Crippen LogP contribution is 2.23. The predicted octanol–water partition coefficient (Wildman–Crippen LogP) is 4.47. The molecular weight excluding hydrogens is 366 g/mol. The molecule has 3 aromatic carbocycles. The lowest BCUT2D eigenvalue weighted by Crippen LogP contribution is -2.26. The largest absolute Gasteiger partial charge is 0.497 e. The molecule has 0 aliphatic rings. The summed E-state index contributed by atoms with van der Waals surface area (Å²) in [7, 11) is 1.56. The molecule has 5 nitrogen and oxygen atoms in total. The van der Waals surface area contributed by atoms with Crippen molar-refractivity contribution in [2.24, 2.45) is 0 Å². The number of benzene rings is 3. The lowest BCUT2D eigenvalue weighted by Gasteiger charge is -2.18. The Morgan fingerprint density at radius 2 is 1.66 bits per heavy atom. The van der Waals surface area contributed by atoms with E-state index in [2.05, 4.69) is 5.32 Å². The predicted molar refractivity (Wildman–Crippen MR) is 112 cm³/mol. The molecule has 0 aliphatic carbocycles. The van der Waals surface area contributed by atoms with Crippen molar-refractivity contribution in [1.29, 1.82) is 0 Å². The minimum absolute atomic E-state index is 0.0933. The second kappa shape index (κ2) is 9.55. The molecule has 0 saturated heterocycles. The van der Waals surface area contributed by atoms with Gasteiger partial charge in [0.25, 0.3) is 5.91 Å². The van der Waals surface area contributed by atoms with Crippen LogP contribution in [0.5, 0.6) is 5.75 Å². The maximum Gasteiger partial charge on any atom is 0.311 e. The van der Waals surface area contributed by atoms with Crippen LogP contribution in [0, 0.1) is 6.92 Å². The van der Waals surface area contributed by atoms with Gasteiger partial charge in [-0.15, -0.1) is 0 Å². The number of rotatable bonds is 7. The Balaban J connectivity index is 1.76. The maximum absolute atomic E-state index is 12.9. The van der Waals surface area contributed by atoms with E-state index in [1.807, 2.05) is 37.3 Å². The van der Waals surface area contributed by atoms with Crippen molar-refractivity contribution in [3.05, 3.63) is 95.6 Å². The minimum atomic E-state index is -1.06. The standard InChI is InChI=1S/C24H23NO4/c1-17-11-13-18(14-12-17)15-22(26)29-23(19-7-4-3-5-8-19)24(27)25-20-9-6-10-21(16-20)28-2/h3-14,16,23H,15H2,1-2H3,(H,25,27)/t23-/m1/s1. The third-order valence-corrected chi connectivity index (χ3v) is 4.40. The van der Waals surface area contributed by atoms with E-state index in [9.17, 15) is 9.59 Å². The molecule has 0 fully saturated rings. The fourth-order valence-corrected chi connectivity index (χ4v) is 2.86. The monoisotopic (exact) mass is 389 g/mol. The number of anilines is 1. The number of hydrogen-bond donors (Lipinski definition) is 1. The topological polar surface area (TPSA) is 64.6 Å². The molecule has 1 N–H and O–H groups in total. The molecule has 0 unspecified atom stereocenters. The lowest BCUT2D eigenvalue weighted by molar-refractivity contribution is -0.154. The van der Waals surface area contributed by atoms with Crippen molar-refractivity contribution in [1.82, 2.24) is 0 Å². The van der Waals surface area contributed by atoms with Gasteiger partial charge in [0.2, 0.25) is 6.10 Å². The van der Waals surface area contributed by atoms with E-state index in [0.29, 0.717) is 17.0 Å². The molecule has 0 radical (unpaired) electrons. The van der Waals surface area contributed by atoms with Crippen molar-refractivity contribution >= 4 is 17.6 Å². The van der Waals surface area contributed by atoms with Crippen LogP contribution in [-0.2, 0) is 20.7 Å². The van der Waals surface area contributed by atoms with Crippen molar-refractivity contribution < 1.29 is 19.1 Å². The van der Waals surface area contributed by atoms with Gasteiger partial charge in [-0.25, -0.2) is 0 Å². The molecule has 1 atom stereocenters. The van der Waals surface area contributed by atoms with Gasteiger partial charge in [0.1, 0.15) is 5.75 Å². The van der Waals surface area contributed by atoms with Gasteiger partial charge >= 0.3 is 5.97 Å². The number of hydrogen-bond acceptors (Lipinski definition) is 4. The van der Waals surface area contributed by atoms with Crippen LogP contribution in [0.25, 0.3) is 0 Å². The lowest BCUT2D eigenvalue weighted by atomic mass is 10.1. The molecule has 0 spiro atoms. The normalized spacial score (nSPS) is 11.4. The zero-order chi connectivity index (χ0) is 20.6. The summed E-state index contributed by atoms with van der Waals surface area (Å²) < 4.78 is 10.8. The number of carbonyl (C=O) groups is 2. The molecular formula is C24H23NO4. The van der Waals surface area contributed by atoms with E-state index >= 15 is 0 Å². The summed E-state index contributed by atoms with van der Waals surface area (Å²) in [5, 5.41) is 2.80. The number of esters is 1. The molecule has 3 aromatic rings. The van der Waals surface area contributed by atoms with Crippen LogP contribution in [0.2, 0.25) is 0 Å². The molecule has 0 aromatic heterocycles. The van der Waals surface area contributed by atoms with Gasteiger partial charge in [0, 0.05) is 17.3 Å². The molecule has 0 saturated carbocycles. The van der Waals surface area contributed by atoms with Crippen LogP contribution in [0.4, 0.5) is 5.69 Å². The van der Waals surface area contributed by atoms with E-state index < -0.39 is 18.0 Å². The highest BCUT2D eigenvalue weighted by Gasteiger charge is 2.25. The summed E-state index contributed by atoms with van der Waals surface area (Å²) in [5.74, 6) is -0.277. The Hall–Kier alpha value is -3.60. The van der Waals surface area contributed by atoms with Crippen LogP contribution in [0.1, 0.15) is 22.8 Å². The van der Waals surface area contributed by atoms with Crippen molar-refractivity contribution in [3.8, 4) is 5.75 Å². The van der Waals surface area contributed by atoms with Gasteiger partial charge in [-0.1, -0.05) is 66.2 Å². The van der Waals surface area contributed by atoms with Crippen molar-refractivity contribution in [2.45, 2.75) is 19.4 Å². The van der Waals surface area contributed by atoms with Gasteiger partial charge in [0.15, 0.2) is 0 Å². The third-order valence-electron chi connectivity index (χ3n) is 4.40. The van der Waals surface area contributed by atoms with Crippen LogP contribution in [-0.4, -0.2) is 19.0 Å². The highest BCUT2D eigenvalue weighted by atomic mass is 16.5. The average Bonchev–Trinajstić information content (AvgIpc) is 2.74. The molecule has 5 heteroatoms. The van der Waals surface area contributed by atoms with E-state index in [1.54, 1.807) is 55.6 Å². The number of methoxy groups -OCH3 is 1. The van der Waals surface area contributed by atoms with Crippen LogP contribution in [0.3, 0.4) is 0 Å². The van der Waals surface area contributed by atoms with Gasteiger partial charge < -0.3 is 14.8 Å². The van der Waals surface area contributed by atoms with Gasteiger partial charge in [-0.3, -0.25) is 9.59 Å². The summed E-state index contributed by atoms with van der Waals surface area (Å²) in [6.45, 7) is 1.98. The number of ether oxygens (including phenoxy) is 2. The Bertz CT molecular complexity index is 968. The van der Waals surface area contributed by atoms with Gasteiger partial charge in [-0.2, -0.15) is 0 Å². The third kappa shape index (κ3) is 5.69. The van der Waals surface area contributed by atoms with Crippen LogP contribution in [0.15, 0.2) is 78.9 Å². The zero-order valence-corrected chi connectivity index (χ0v) is 16.4. The first-order valence-electron chi connectivity index (χ1n) is 9.30. The van der Waals surface area contributed by atoms with E-state index in [1.165, 1.54) is 0 Å². The van der Waals surface area contributed by atoms with E-state index in [0.717, 1.165) is 11.1 Å². The van der Waals surface area contributed by atoms with Gasteiger partial charge in [-0.05, 0) is 24.6 Å². The first-order valence-corrected chi connectivity index (χ1v) is 9.30. The van der Waals surface area contributed by atoms with Crippen molar-refractivity contribution in [2.75, 3.05) is 12.4 Å². The highest BCUT2D eigenvalue weighted by molar-refractivity contribution is 5.96. The molecule has 29 heavy (non-hydrogen) atoms. The smallest absolute Gasteiger partial charge is 0.311 e. The number of nitrogens with one attached hydrogen (secondary N) is 1. The number of amides is 1. The molecule has 0 aliphatic heterocycles. The zero-order valence-electron chi connectivity index (χ0n) is 16.4. The molecule has 1 amide bonds. The van der Waals surface area contributed by atoms with Crippen molar-refractivity contribution in [3.63, 3.8) is 0 Å². The number of aryl methyl sites for hydroxylation is 1. The second-order valence-electron chi connectivity index (χ2n) is 6.66. The Labute approximate surface area is 170 Å². The fourth-order valence-electron chi connectivity index (χ4n) is 2.86. The Morgan fingerprint density at radius 3 is 2.34 bits per heavy atom. The number of carbonyl (C=O) groups excluding carboxylic acids is 2. The SMILES string of the molecule is COc1cccc(NC(=O)[C@H](OC(=O)Cc2ccc(C)cc2)c2ccccc2)c1. The van der Waals surface area contributed by atoms with E-state index in [4.69, 9.17) is 9.47 Å². The molecule has 3 rings (SSSR count). The Morgan fingerprint density at radius 1 is 0.931 bits per heavy atom. The molecule has 0 bridgehead atoms. The molecule has 0 heterocycles. The summed E-state index contributed by atoms with van der Waals surface area (Å²) in [5.41, 5.74) is 3.11. The fraction of sp³-hybridized carbons (Fsp3) is 0.167. The van der Waals surface area contributed by atoms with Crippen LogP contribution < -0.4 is 10.1 Å². The summed E-state index contributed by atoms with van der Waals surface area (Å²) in [6, 6.07) is 23.6. The first kappa shape index (κ1) is 20.1. The second-order valence-corrected chi connectivity index (χ2v) is 6.66. The molecule has 148 valence electrons. The van der Waals surface area contributed by atoms with E-state index in [-0.39, 0.29) is 6.42 Å². The quantitative estimate of drug-likeness (QED) is 0.606. The first-order chi connectivity index (χ1) is 14.0. The maximum atomic E-state index is 12.9. The Kier molecular flexibility index (Phi) is 6.63. The van der Waals surface area contributed by atoms with Crippen LogP contribution >= 0.6 is 0 Å². The average molecular weight is 389 g/mol. The summed E-state index contributed by atoms with van der Waals surface area (Å²) in [4.78, 5) is 25.4.